The zero-order valence-electron chi connectivity index (χ0n) is 15.5. The van der Waals surface area contributed by atoms with Crippen LogP contribution in [0.15, 0.2) is 86.3 Å². The van der Waals surface area contributed by atoms with Gasteiger partial charge in [0, 0.05) is 5.56 Å². The number of rotatable bonds is 8. The summed E-state index contributed by atoms with van der Waals surface area (Å²) >= 11 is 0. The Morgan fingerprint density at radius 1 is 0.786 bits per heavy atom. The van der Waals surface area contributed by atoms with Crippen molar-refractivity contribution in [1.82, 2.24) is 0 Å². The first kappa shape index (κ1) is 19.4. The van der Waals surface area contributed by atoms with Crippen LogP contribution in [0, 0.1) is 5.82 Å². The van der Waals surface area contributed by atoms with E-state index in [1.165, 1.54) is 12.5 Å². The summed E-state index contributed by atoms with van der Waals surface area (Å²) in [4.78, 5) is 0. The maximum Gasteiger partial charge on any atom is 0.131 e. The monoisotopic (exact) mass is 375 g/mol. The van der Waals surface area contributed by atoms with Crippen molar-refractivity contribution < 1.29 is 13.9 Å². The van der Waals surface area contributed by atoms with Crippen LogP contribution in [0.2, 0.25) is 0 Å². The highest BCUT2D eigenvalue weighted by molar-refractivity contribution is 5.75. The molecular weight excluding hydrogens is 353 g/mol. The van der Waals surface area contributed by atoms with Crippen LogP contribution >= 0.6 is 0 Å². The van der Waals surface area contributed by atoms with Crippen LogP contribution in [-0.4, -0.2) is 6.54 Å². The molecule has 4 heteroatoms. The predicted molar refractivity (Wildman–Crippen MR) is 112 cm³/mol. The van der Waals surface area contributed by atoms with Crippen molar-refractivity contribution in [2.24, 2.45) is 5.73 Å². The van der Waals surface area contributed by atoms with E-state index in [2.05, 4.69) is 13.2 Å². The van der Waals surface area contributed by atoms with E-state index < -0.39 is 0 Å². The zero-order chi connectivity index (χ0) is 19.9. The molecule has 3 nitrogen and oxygen atoms in total. The number of nitrogens with two attached hydrogens (primary N) is 1. The van der Waals surface area contributed by atoms with Gasteiger partial charge in [-0.25, -0.2) is 4.39 Å². The SMILES string of the molecule is C=COc1ccc(-c2cc(CCN)c(-c3ccc(OC=C)cc3)cc2F)cc1. The van der Waals surface area contributed by atoms with Gasteiger partial charge < -0.3 is 15.2 Å². The number of ether oxygens (including phenoxy) is 2. The highest BCUT2D eigenvalue weighted by Gasteiger charge is 2.13. The Labute approximate surface area is 164 Å². The molecule has 3 aromatic rings. The molecule has 0 saturated heterocycles. The van der Waals surface area contributed by atoms with Gasteiger partial charge in [0.2, 0.25) is 0 Å². The Balaban J connectivity index is 2.01. The van der Waals surface area contributed by atoms with Crippen LogP contribution in [-0.2, 0) is 6.42 Å². The molecule has 0 fully saturated rings. The third-order valence-corrected chi connectivity index (χ3v) is 4.38. The predicted octanol–water partition coefficient (Wildman–Crippen LogP) is 5.71. The number of benzene rings is 3. The Bertz CT molecular complexity index is 963. The summed E-state index contributed by atoms with van der Waals surface area (Å²) in [6, 6.07) is 18.1. The van der Waals surface area contributed by atoms with E-state index in [1.807, 2.05) is 42.5 Å². The summed E-state index contributed by atoms with van der Waals surface area (Å²) in [6.45, 7) is 7.55. The second-order valence-electron chi connectivity index (χ2n) is 6.15. The number of halogens is 1. The van der Waals surface area contributed by atoms with E-state index >= 15 is 0 Å². The van der Waals surface area contributed by atoms with Crippen molar-refractivity contribution in [3.8, 4) is 33.8 Å². The van der Waals surface area contributed by atoms with Gasteiger partial charge in [-0.3, -0.25) is 0 Å². The quantitative estimate of drug-likeness (QED) is 0.513. The van der Waals surface area contributed by atoms with Crippen molar-refractivity contribution in [2.45, 2.75) is 6.42 Å². The summed E-state index contributed by atoms with van der Waals surface area (Å²) in [7, 11) is 0. The van der Waals surface area contributed by atoms with Gasteiger partial charge >= 0.3 is 0 Å². The molecule has 0 spiro atoms. The Morgan fingerprint density at radius 3 is 1.75 bits per heavy atom. The van der Waals surface area contributed by atoms with Crippen molar-refractivity contribution in [2.75, 3.05) is 6.54 Å². The lowest BCUT2D eigenvalue weighted by Crippen LogP contribution is -2.05. The second kappa shape index (κ2) is 9.02. The Kier molecular flexibility index (Phi) is 6.25. The zero-order valence-corrected chi connectivity index (χ0v) is 15.5. The summed E-state index contributed by atoms with van der Waals surface area (Å²) in [5.41, 5.74) is 9.82. The molecule has 0 heterocycles. The fourth-order valence-electron chi connectivity index (χ4n) is 3.09. The smallest absolute Gasteiger partial charge is 0.131 e. The molecule has 3 rings (SSSR count). The van der Waals surface area contributed by atoms with Crippen molar-refractivity contribution in [1.29, 1.82) is 0 Å². The average molecular weight is 375 g/mol. The molecule has 3 aromatic carbocycles. The van der Waals surface area contributed by atoms with Crippen molar-refractivity contribution in [3.63, 3.8) is 0 Å². The maximum absolute atomic E-state index is 15.0. The highest BCUT2D eigenvalue weighted by atomic mass is 19.1. The minimum Gasteiger partial charge on any atom is -0.466 e. The molecule has 0 aliphatic carbocycles. The molecule has 0 radical (unpaired) electrons. The maximum atomic E-state index is 15.0. The lowest BCUT2D eigenvalue weighted by molar-refractivity contribution is 0.483. The molecule has 0 bridgehead atoms. The molecule has 0 aliphatic rings. The number of hydrogen-bond donors (Lipinski definition) is 1. The molecular formula is C24H22FNO2. The van der Waals surface area contributed by atoms with E-state index in [9.17, 15) is 4.39 Å². The van der Waals surface area contributed by atoms with E-state index in [4.69, 9.17) is 15.2 Å². The van der Waals surface area contributed by atoms with Crippen LogP contribution in [0.25, 0.3) is 22.3 Å². The lowest BCUT2D eigenvalue weighted by atomic mass is 9.92. The third-order valence-electron chi connectivity index (χ3n) is 4.38. The topological polar surface area (TPSA) is 44.5 Å². The molecule has 0 amide bonds. The van der Waals surface area contributed by atoms with E-state index in [-0.39, 0.29) is 5.82 Å². The van der Waals surface area contributed by atoms with Crippen LogP contribution in [0.3, 0.4) is 0 Å². The normalized spacial score (nSPS) is 10.4. The average Bonchev–Trinajstić information content (AvgIpc) is 2.71. The Hall–Kier alpha value is -3.37. The summed E-state index contributed by atoms with van der Waals surface area (Å²) in [5.74, 6) is 1.04. The molecule has 0 aromatic heterocycles. The van der Waals surface area contributed by atoms with Gasteiger partial charge in [0.1, 0.15) is 17.3 Å². The van der Waals surface area contributed by atoms with Gasteiger partial charge in [-0.2, -0.15) is 0 Å². The number of hydrogen-bond acceptors (Lipinski definition) is 3. The van der Waals surface area contributed by atoms with Crippen LogP contribution < -0.4 is 15.2 Å². The summed E-state index contributed by atoms with van der Waals surface area (Å²) in [5, 5.41) is 0. The molecule has 0 unspecified atom stereocenters. The van der Waals surface area contributed by atoms with Crippen molar-refractivity contribution >= 4 is 0 Å². The minimum atomic E-state index is -0.292. The van der Waals surface area contributed by atoms with Crippen LogP contribution in [0.4, 0.5) is 4.39 Å². The summed E-state index contributed by atoms with van der Waals surface area (Å²) < 4.78 is 25.5. The first-order valence-corrected chi connectivity index (χ1v) is 8.94. The van der Waals surface area contributed by atoms with Gasteiger partial charge in [-0.15, -0.1) is 0 Å². The fraction of sp³-hybridized carbons (Fsp3) is 0.0833. The van der Waals surface area contributed by atoms with E-state index in [0.717, 1.165) is 22.3 Å². The van der Waals surface area contributed by atoms with Crippen molar-refractivity contribution in [3.05, 3.63) is 97.7 Å². The second-order valence-corrected chi connectivity index (χ2v) is 6.15. The fourth-order valence-corrected chi connectivity index (χ4v) is 3.09. The van der Waals surface area contributed by atoms with Crippen LogP contribution in [0.1, 0.15) is 5.56 Å². The summed E-state index contributed by atoms with van der Waals surface area (Å²) in [6.07, 6.45) is 3.37. The molecule has 0 saturated carbocycles. The highest BCUT2D eigenvalue weighted by Crippen LogP contribution is 2.33. The van der Waals surface area contributed by atoms with Gasteiger partial charge in [0.05, 0.1) is 12.5 Å². The molecule has 142 valence electrons. The Morgan fingerprint density at radius 2 is 1.29 bits per heavy atom. The van der Waals surface area contributed by atoms with Gasteiger partial charge in [0.25, 0.3) is 0 Å². The molecule has 2 N–H and O–H groups in total. The standard InChI is InChI=1S/C24H22FNO2/c1-3-27-20-9-5-17(6-10-20)22-16-24(25)23(15-19(22)13-14-26)18-7-11-21(12-8-18)28-4-2/h3-12,15-16H,1-2,13-14,26H2. The largest absolute Gasteiger partial charge is 0.466 e. The molecule has 28 heavy (non-hydrogen) atoms. The van der Waals surface area contributed by atoms with Gasteiger partial charge in [0.15, 0.2) is 0 Å². The van der Waals surface area contributed by atoms with Gasteiger partial charge in [-0.05, 0) is 71.6 Å². The first-order valence-electron chi connectivity index (χ1n) is 8.94. The van der Waals surface area contributed by atoms with E-state index in [0.29, 0.717) is 30.0 Å². The molecule has 0 atom stereocenters. The lowest BCUT2D eigenvalue weighted by Gasteiger charge is -2.14. The molecule has 0 aliphatic heterocycles. The van der Waals surface area contributed by atoms with Gasteiger partial charge in [-0.1, -0.05) is 37.4 Å². The van der Waals surface area contributed by atoms with Crippen LogP contribution in [0.5, 0.6) is 11.5 Å². The third kappa shape index (κ3) is 4.30. The minimum absolute atomic E-state index is 0.292. The first-order chi connectivity index (χ1) is 13.7. The van der Waals surface area contributed by atoms with E-state index in [1.54, 1.807) is 18.2 Å².